The third-order valence-corrected chi connectivity index (χ3v) is 3.53. The number of fused-ring (bicyclic) bond motifs is 1. The van der Waals surface area contributed by atoms with Crippen LogP contribution in [0.15, 0.2) is 48.5 Å². The molecule has 7 N–H and O–H groups in total. The highest BCUT2D eigenvalue weighted by molar-refractivity contribution is 5.90. The maximum absolute atomic E-state index is 5.69. The highest BCUT2D eigenvalue weighted by Gasteiger charge is 2.09. The second-order valence-electron chi connectivity index (χ2n) is 6.09. The molecule has 1 aliphatic rings. The van der Waals surface area contributed by atoms with E-state index in [1.165, 1.54) is 19.3 Å². The average molecular weight is 392 g/mol. The number of anilines is 4. The lowest BCUT2D eigenvalue weighted by Crippen LogP contribution is -2.13. The molecular formula is C21H37N5O2. The number of para-hydroxylation sites is 1. The Morgan fingerprint density at radius 2 is 1.46 bits per heavy atom. The Kier molecular flexibility index (Phi) is 11.2. The second kappa shape index (κ2) is 12.5. The summed E-state index contributed by atoms with van der Waals surface area (Å²) in [4.78, 5) is 11.1. The quantitative estimate of drug-likeness (QED) is 0.650. The topological polar surface area (TPSA) is 130 Å². The first-order chi connectivity index (χ1) is 12.6. The molecule has 3 aromatic rings. The molecule has 0 spiro atoms. The molecule has 1 saturated carbocycles. The SMILES string of the molecule is C1CC1.CC.CN(C)c1nc(Nc2ccc(N)cc2)nc2ccccc12.O.O.[HH].[HH]. The number of nitrogens with zero attached hydrogens (tertiary/aromatic N) is 3. The van der Waals surface area contributed by atoms with Crippen LogP contribution in [-0.2, 0) is 0 Å². The lowest BCUT2D eigenvalue weighted by Gasteiger charge is -2.15. The molecule has 28 heavy (non-hydrogen) atoms. The van der Waals surface area contributed by atoms with Gasteiger partial charge in [0.15, 0.2) is 0 Å². The van der Waals surface area contributed by atoms with Gasteiger partial charge in [0.2, 0.25) is 5.95 Å². The van der Waals surface area contributed by atoms with Crippen LogP contribution < -0.4 is 16.0 Å². The summed E-state index contributed by atoms with van der Waals surface area (Å²) in [5.41, 5.74) is 8.24. The fourth-order valence-electron chi connectivity index (χ4n) is 2.15. The molecule has 1 heterocycles. The van der Waals surface area contributed by atoms with Crippen LogP contribution in [0.4, 0.5) is 23.1 Å². The number of hydrogen-bond donors (Lipinski definition) is 2. The molecule has 1 fully saturated rings. The van der Waals surface area contributed by atoms with Crippen molar-refractivity contribution < 1.29 is 13.8 Å². The first-order valence-corrected chi connectivity index (χ1v) is 9.20. The molecule has 1 aliphatic carbocycles. The number of aromatic nitrogens is 2. The molecular weight excluding hydrogens is 354 g/mol. The molecule has 158 valence electrons. The summed E-state index contributed by atoms with van der Waals surface area (Å²) in [5.74, 6) is 1.46. The van der Waals surface area contributed by atoms with Gasteiger partial charge in [-0.2, -0.15) is 4.98 Å². The third kappa shape index (κ3) is 7.38. The molecule has 2 aromatic carbocycles. The largest absolute Gasteiger partial charge is 0.412 e. The van der Waals surface area contributed by atoms with Crippen LogP contribution in [0.5, 0.6) is 0 Å². The van der Waals surface area contributed by atoms with Crippen molar-refractivity contribution in [2.24, 2.45) is 0 Å². The summed E-state index contributed by atoms with van der Waals surface area (Å²) < 4.78 is 0. The van der Waals surface area contributed by atoms with E-state index < -0.39 is 0 Å². The lowest BCUT2D eigenvalue weighted by atomic mass is 10.2. The zero-order valence-corrected chi connectivity index (χ0v) is 17.2. The first kappa shape index (κ1) is 25.1. The van der Waals surface area contributed by atoms with Gasteiger partial charge in [0.25, 0.3) is 0 Å². The van der Waals surface area contributed by atoms with Crippen molar-refractivity contribution >= 4 is 34.0 Å². The van der Waals surface area contributed by atoms with Crippen LogP contribution in [0.1, 0.15) is 36.0 Å². The second-order valence-corrected chi connectivity index (χ2v) is 6.09. The molecule has 7 heteroatoms. The van der Waals surface area contributed by atoms with Crippen molar-refractivity contribution in [3.8, 4) is 0 Å². The Bertz CT molecular complexity index is 828. The van der Waals surface area contributed by atoms with Crippen LogP contribution >= 0.6 is 0 Å². The van der Waals surface area contributed by atoms with Crippen LogP contribution in [0, 0.1) is 0 Å². The minimum absolute atomic E-state index is 0. The van der Waals surface area contributed by atoms with Gasteiger partial charge < -0.3 is 26.9 Å². The van der Waals surface area contributed by atoms with E-state index in [0.29, 0.717) is 5.95 Å². The molecule has 0 amide bonds. The number of nitrogen functional groups attached to an aromatic ring is 1. The van der Waals surface area contributed by atoms with Gasteiger partial charge in [0.1, 0.15) is 5.82 Å². The van der Waals surface area contributed by atoms with E-state index >= 15 is 0 Å². The van der Waals surface area contributed by atoms with E-state index in [1.54, 1.807) is 0 Å². The van der Waals surface area contributed by atoms with Crippen molar-refractivity contribution in [2.75, 3.05) is 30.0 Å². The van der Waals surface area contributed by atoms with E-state index in [1.807, 2.05) is 81.4 Å². The highest BCUT2D eigenvalue weighted by atomic mass is 16.0. The van der Waals surface area contributed by atoms with E-state index in [9.17, 15) is 0 Å². The van der Waals surface area contributed by atoms with E-state index in [0.717, 1.165) is 28.1 Å². The predicted molar refractivity (Wildman–Crippen MR) is 125 cm³/mol. The van der Waals surface area contributed by atoms with Gasteiger partial charge in [-0.05, 0) is 36.4 Å². The number of nitrogens with one attached hydrogen (secondary N) is 1. The minimum Gasteiger partial charge on any atom is -0.412 e. The van der Waals surface area contributed by atoms with Gasteiger partial charge in [-0.1, -0.05) is 45.2 Å². The molecule has 0 unspecified atom stereocenters. The van der Waals surface area contributed by atoms with Crippen molar-refractivity contribution in [1.82, 2.24) is 9.97 Å². The number of rotatable bonds is 3. The molecule has 1 aromatic heterocycles. The zero-order valence-electron chi connectivity index (χ0n) is 17.2. The molecule has 0 radical (unpaired) electrons. The molecule has 4 rings (SSSR count). The minimum atomic E-state index is 0. The first-order valence-electron chi connectivity index (χ1n) is 9.20. The molecule has 7 nitrogen and oxygen atoms in total. The monoisotopic (exact) mass is 391 g/mol. The maximum atomic E-state index is 5.69. The summed E-state index contributed by atoms with van der Waals surface area (Å²) in [6.45, 7) is 4.00. The van der Waals surface area contributed by atoms with E-state index in [4.69, 9.17) is 5.73 Å². The summed E-state index contributed by atoms with van der Waals surface area (Å²) in [7, 11) is 3.95. The number of benzene rings is 2. The van der Waals surface area contributed by atoms with Crippen LogP contribution in [0.3, 0.4) is 0 Å². The average Bonchev–Trinajstić information content (AvgIpc) is 3.54. The van der Waals surface area contributed by atoms with Gasteiger partial charge in [-0.3, -0.25) is 0 Å². The Hall–Kier alpha value is -2.90. The fourth-order valence-corrected chi connectivity index (χ4v) is 2.15. The lowest BCUT2D eigenvalue weighted by molar-refractivity contribution is 0.823. The standard InChI is InChI=1S/C16H17N5.C3H6.C2H6.2H2O.2H2/c1-21(2)15-13-5-3-4-6-14(13)19-16(20-15)18-12-9-7-11(17)8-10-12;1-2-3-1;1-2;;;;/h3-10H,17H2,1-2H3,(H,18,19,20);1-3H2;1-2H3;2*1H2;2*1H. The van der Waals surface area contributed by atoms with Crippen LogP contribution in [0.2, 0.25) is 0 Å². The predicted octanol–water partition coefficient (Wildman–Crippen LogP) is 4.06. The van der Waals surface area contributed by atoms with E-state index in [2.05, 4.69) is 15.3 Å². The Labute approximate surface area is 170 Å². The Morgan fingerprint density at radius 1 is 0.893 bits per heavy atom. The van der Waals surface area contributed by atoms with Crippen molar-refractivity contribution in [3.05, 3.63) is 48.5 Å². The summed E-state index contributed by atoms with van der Waals surface area (Å²) >= 11 is 0. The highest BCUT2D eigenvalue weighted by Crippen LogP contribution is 2.25. The van der Waals surface area contributed by atoms with Gasteiger partial charge in [0.05, 0.1) is 5.52 Å². The van der Waals surface area contributed by atoms with Gasteiger partial charge in [-0.25, -0.2) is 4.98 Å². The van der Waals surface area contributed by atoms with E-state index in [-0.39, 0.29) is 13.8 Å². The van der Waals surface area contributed by atoms with Crippen molar-refractivity contribution in [3.63, 3.8) is 0 Å². The van der Waals surface area contributed by atoms with Crippen LogP contribution in [-0.4, -0.2) is 35.0 Å². The Morgan fingerprint density at radius 3 is 2.00 bits per heavy atom. The smallest absolute Gasteiger partial charge is 0.229 e. The maximum Gasteiger partial charge on any atom is 0.229 e. The number of nitrogens with two attached hydrogens (primary N) is 1. The molecule has 0 aliphatic heterocycles. The normalized spacial score (nSPS) is 10.7. The van der Waals surface area contributed by atoms with Gasteiger partial charge >= 0.3 is 0 Å². The summed E-state index contributed by atoms with van der Waals surface area (Å²) in [6, 6.07) is 15.5. The zero-order chi connectivity index (χ0) is 18.9. The molecule has 0 atom stereocenters. The Balaban J connectivity index is -0.000000730. The number of hydrogen-bond acceptors (Lipinski definition) is 5. The van der Waals surface area contributed by atoms with Crippen molar-refractivity contribution in [2.45, 2.75) is 33.1 Å². The third-order valence-electron chi connectivity index (χ3n) is 3.53. The molecule has 0 bridgehead atoms. The summed E-state index contributed by atoms with van der Waals surface area (Å²) in [6.07, 6.45) is 4.50. The van der Waals surface area contributed by atoms with Crippen LogP contribution in [0.25, 0.3) is 10.9 Å². The van der Waals surface area contributed by atoms with Crippen molar-refractivity contribution in [1.29, 1.82) is 0 Å². The van der Waals surface area contributed by atoms with Gasteiger partial charge in [0, 0.05) is 33.7 Å². The molecule has 0 saturated heterocycles. The summed E-state index contributed by atoms with van der Waals surface area (Å²) in [5, 5.41) is 4.25. The van der Waals surface area contributed by atoms with Gasteiger partial charge in [-0.15, -0.1) is 0 Å². The fraction of sp³-hybridized carbons (Fsp3) is 0.333.